The molecule has 4 atom stereocenters. The van der Waals surface area contributed by atoms with Crippen molar-refractivity contribution in [3.8, 4) is 5.75 Å². The van der Waals surface area contributed by atoms with E-state index in [1.54, 1.807) is 7.11 Å². The molecule has 2 amide bonds. The lowest BCUT2D eigenvalue weighted by molar-refractivity contribution is -0.139. The van der Waals surface area contributed by atoms with Gasteiger partial charge in [0, 0.05) is 24.1 Å². The summed E-state index contributed by atoms with van der Waals surface area (Å²) in [5.74, 6) is 1.17. The van der Waals surface area contributed by atoms with Crippen molar-refractivity contribution >= 4 is 17.5 Å². The third-order valence-electron chi connectivity index (χ3n) is 7.86. The third-order valence-corrected chi connectivity index (χ3v) is 7.86. The average Bonchev–Trinajstić information content (AvgIpc) is 2.79. The van der Waals surface area contributed by atoms with Crippen molar-refractivity contribution < 1.29 is 14.3 Å². The molecule has 32 heavy (non-hydrogen) atoms. The van der Waals surface area contributed by atoms with Gasteiger partial charge in [0.15, 0.2) is 0 Å². The second-order valence-corrected chi connectivity index (χ2v) is 9.84. The minimum absolute atomic E-state index is 0.0176. The Balaban J connectivity index is 1.25. The highest BCUT2D eigenvalue weighted by molar-refractivity contribution is 6.02. The van der Waals surface area contributed by atoms with Crippen molar-refractivity contribution in [2.75, 3.05) is 19.0 Å². The van der Waals surface area contributed by atoms with E-state index in [-0.39, 0.29) is 29.1 Å². The fourth-order valence-electron chi connectivity index (χ4n) is 6.10. The summed E-state index contributed by atoms with van der Waals surface area (Å²) < 4.78 is 5.20. The smallest absolute Gasteiger partial charge is 0.255 e. The first-order valence-corrected chi connectivity index (χ1v) is 11.5. The number of carbonyl (C=O) groups excluding carboxylic acids is 2. The van der Waals surface area contributed by atoms with Crippen molar-refractivity contribution in [1.82, 2.24) is 10.6 Å². The lowest BCUT2D eigenvalue weighted by atomic mass is 9.51. The van der Waals surface area contributed by atoms with Crippen LogP contribution < -0.4 is 20.7 Å². The van der Waals surface area contributed by atoms with Crippen molar-refractivity contribution in [2.45, 2.75) is 44.7 Å². The summed E-state index contributed by atoms with van der Waals surface area (Å²) in [6.45, 7) is 2.84. The minimum atomic E-state index is -0.460. The number of amides is 2. The number of carbonyl (C=O) groups is 2. The maximum Gasteiger partial charge on any atom is 0.255 e. The van der Waals surface area contributed by atoms with E-state index >= 15 is 0 Å². The molecular weight excluding hydrogens is 402 g/mol. The highest BCUT2D eigenvalue weighted by Crippen LogP contribution is 2.58. The largest absolute Gasteiger partial charge is 0.497 e. The molecule has 2 bridgehead atoms. The Morgan fingerprint density at radius 2 is 1.94 bits per heavy atom. The number of fused-ring (bicyclic) bond motifs is 3. The van der Waals surface area contributed by atoms with Gasteiger partial charge in [-0.25, -0.2) is 0 Å². The first-order chi connectivity index (χ1) is 15.4. The van der Waals surface area contributed by atoms with Gasteiger partial charge in [-0.1, -0.05) is 31.2 Å². The molecule has 1 spiro atoms. The zero-order chi connectivity index (χ0) is 22.3. The van der Waals surface area contributed by atoms with Crippen LogP contribution in [0.15, 0.2) is 48.5 Å². The van der Waals surface area contributed by atoms with E-state index in [4.69, 9.17) is 4.74 Å². The molecule has 2 aromatic rings. The molecular formula is C26H31N3O3. The van der Waals surface area contributed by atoms with Crippen LogP contribution in [-0.2, 0) is 11.2 Å². The molecule has 0 aromatic heterocycles. The molecule has 0 radical (unpaired) electrons. The van der Waals surface area contributed by atoms with E-state index in [9.17, 15) is 9.59 Å². The maximum atomic E-state index is 13.2. The highest BCUT2D eigenvalue weighted by Gasteiger charge is 2.60. The van der Waals surface area contributed by atoms with Crippen LogP contribution in [0.1, 0.15) is 48.5 Å². The molecule has 0 saturated heterocycles. The summed E-state index contributed by atoms with van der Waals surface area (Å²) in [7, 11) is 1.66. The van der Waals surface area contributed by atoms with E-state index in [1.165, 1.54) is 5.56 Å². The van der Waals surface area contributed by atoms with Crippen LogP contribution in [0.2, 0.25) is 0 Å². The van der Waals surface area contributed by atoms with Gasteiger partial charge in [0.1, 0.15) is 11.4 Å². The monoisotopic (exact) mass is 433 g/mol. The number of hydrogen-bond acceptors (Lipinski definition) is 4. The van der Waals surface area contributed by atoms with Gasteiger partial charge in [0.25, 0.3) is 5.91 Å². The molecule has 1 heterocycles. The Kier molecular flexibility index (Phi) is 5.11. The van der Waals surface area contributed by atoms with Crippen LogP contribution in [-0.4, -0.2) is 31.1 Å². The number of benzene rings is 2. The third kappa shape index (κ3) is 3.51. The number of para-hydroxylation sites is 1. The molecule has 3 N–H and O–H groups in total. The Bertz CT molecular complexity index is 1040. The zero-order valence-electron chi connectivity index (χ0n) is 18.7. The van der Waals surface area contributed by atoms with E-state index in [2.05, 4.69) is 22.9 Å². The predicted octanol–water partition coefficient (Wildman–Crippen LogP) is 3.73. The van der Waals surface area contributed by atoms with Crippen molar-refractivity contribution in [2.24, 2.45) is 17.3 Å². The van der Waals surface area contributed by atoms with Gasteiger partial charge in [-0.15, -0.1) is 0 Å². The van der Waals surface area contributed by atoms with Crippen molar-refractivity contribution in [3.05, 3.63) is 59.7 Å². The van der Waals surface area contributed by atoms with Gasteiger partial charge in [0.2, 0.25) is 5.91 Å². The van der Waals surface area contributed by atoms with Gasteiger partial charge >= 0.3 is 0 Å². The van der Waals surface area contributed by atoms with Crippen molar-refractivity contribution in [3.63, 3.8) is 0 Å². The normalized spacial score (nSPS) is 30.2. The standard InChI is InChI=1S/C26H31N3O3/c1-25-13-11-18(26(16-25)28-22-6-4-3-5-20(22)23(30)29-26)15-21(25)24(31)27-14-12-17-7-9-19(32-2)10-8-17/h3-10,18,21,28H,11-16H2,1-2H3,(H,27,31)(H,29,30)/t18-,21-,25+,26+/m1/s1. The average molecular weight is 434 g/mol. The topological polar surface area (TPSA) is 79.5 Å². The number of methoxy groups -OCH3 is 1. The Morgan fingerprint density at radius 3 is 2.69 bits per heavy atom. The summed E-state index contributed by atoms with van der Waals surface area (Å²) in [5, 5.41) is 10.1. The predicted molar refractivity (Wildman–Crippen MR) is 124 cm³/mol. The summed E-state index contributed by atoms with van der Waals surface area (Å²) in [4.78, 5) is 26.0. The van der Waals surface area contributed by atoms with Crippen LogP contribution in [0.5, 0.6) is 5.75 Å². The number of rotatable bonds is 5. The first-order valence-electron chi connectivity index (χ1n) is 11.5. The second kappa shape index (κ2) is 7.84. The zero-order valence-corrected chi connectivity index (χ0v) is 18.7. The fraction of sp³-hybridized carbons (Fsp3) is 0.462. The molecule has 168 valence electrons. The van der Waals surface area contributed by atoms with E-state index in [0.717, 1.165) is 43.5 Å². The molecule has 0 unspecified atom stereocenters. The van der Waals surface area contributed by atoms with Gasteiger partial charge in [-0.05, 0) is 67.3 Å². The van der Waals surface area contributed by atoms with E-state index in [0.29, 0.717) is 12.1 Å². The molecule has 2 aromatic carbocycles. The number of ether oxygens (including phenoxy) is 1. The molecule has 6 heteroatoms. The van der Waals surface area contributed by atoms with Crippen LogP contribution >= 0.6 is 0 Å². The Hall–Kier alpha value is -3.02. The van der Waals surface area contributed by atoms with Crippen LogP contribution in [0, 0.1) is 17.3 Å². The Morgan fingerprint density at radius 1 is 1.16 bits per heavy atom. The summed E-state index contributed by atoms with van der Waals surface area (Å²) in [6, 6.07) is 15.6. The molecule has 3 fully saturated rings. The quantitative estimate of drug-likeness (QED) is 0.671. The summed E-state index contributed by atoms with van der Waals surface area (Å²) in [6.07, 6.45) is 4.37. The maximum absolute atomic E-state index is 13.2. The van der Waals surface area contributed by atoms with E-state index in [1.807, 2.05) is 48.5 Å². The van der Waals surface area contributed by atoms with Crippen LogP contribution in [0.25, 0.3) is 0 Å². The number of anilines is 1. The fourth-order valence-corrected chi connectivity index (χ4v) is 6.10. The van der Waals surface area contributed by atoms with Crippen LogP contribution in [0.3, 0.4) is 0 Å². The number of hydrogen-bond donors (Lipinski definition) is 3. The molecule has 6 rings (SSSR count). The molecule has 3 aliphatic carbocycles. The van der Waals surface area contributed by atoms with E-state index < -0.39 is 5.66 Å². The molecule has 3 saturated carbocycles. The lowest BCUT2D eigenvalue weighted by Crippen LogP contribution is -2.70. The number of nitrogens with one attached hydrogen (secondary N) is 3. The highest BCUT2D eigenvalue weighted by atomic mass is 16.5. The van der Waals surface area contributed by atoms with Crippen LogP contribution in [0.4, 0.5) is 5.69 Å². The molecule has 1 aliphatic heterocycles. The van der Waals surface area contributed by atoms with Gasteiger partial charge in [-0.3, -0.25) is 9.59 Å². The van der Waals surface area contributed by atoms with Gasteiger partial charge in [0.05, 0.1) is 12.7 Å². The van der Waals surface area contributed by atoms with Gasteiger partial charge in [-0.2, -0.15) is 0 Å². The lowest BCUT2D eigenvalue weighted by Gasteiger charge is -2.60. The summed E-state index contributed by atoms with van der Waals surface area (Å²) >= 11 is 0. The van der Waals surface area contributed by atoms with Crippen molar-refractivity contribution in [1.29, 1.82) is 0 Å². The SMILES string of the molecule is COc1ccc(CCNC(=O)[C@H]2C[C@H]3CC[C@@]2(C)C[C@]32NC(=O)c3ccccc3N2)cc1. The Labute approximate surface area is 189 Å². The molecule has 4 aliphatic rings. The van der Waals surface area contributed by atoms with Gasteiger partial charge < -0.3 is 20.7 Å². The summed E-state index contributed by atoms with van der Waals surface area (Å²) in [5.41, 5.74) is 2.16. The molecule has 6 nitrogen and oxygen atoms in total. The second-order valence-electron chi connectivity index (χ2n) is 9.84. The first kappa shape index (κ1) is 20.9. The minimum Gasteiger partial charge on any atom is -0.497 e.